The Morgan fingerprint density at radius 2 is 1.52 bits per heavy atom. The molecule has 0 spiro atoms. The van der Waals surface area contributed by atoms with Crippen LogP contribution in [0.5, 0.6) is 0 Å². The van der Waals surface area contributed by atoms with Gasteiger partial charge in [0.25, 0.3) is 0 Å². The number of aliphatic imine (C=N–C) groups is 2. The van der Waals surface area contributed by atoms with E-state index in [4.69, 9.17) is 15.7 Å². The number of nitrogens with one attached hydrogen (secondary N) is 2. The number of hydrogen-bond donors (Lipinski definition) is 3. The first-order chi connectivity index (χ1) is 20.3. The van der Waals surface area contributed by atoms with Crippen molar-refractivity contribution in [3.8, 4) is 0 Å². The van der Waals surface area contributed by atoms with Crippen molar-refractivity contribution in [1.82, 2.24) is 5.32 Å². The number of hydrogen-bond acceptors (Lipinski definition) is 5. The summed E-state index contributed by atoms with van der Waals surface area (Å²) in [4.78, 5) is 10.4. The van der Waals surface area contributed by atoms with Gasteiger partial charge < -0.3 is 16.4 Å². The highest BCUT2D eigenvalue weighted by atomic mass is 15.2. The smallest absolute Gasteiger partial charge is 0.177 e. The maximum Gasteiger partial charge on any atom is 0.177 e. The van der Waals surface area contributed by atoms with E-state index in [1.54, 1.807) is 0 Å². The summed E-state index contributed by atoms with van der Waals surface area (Å²) < 4.78 is 0. The lowest BCUT2D eigenvalue weighted by atomic mass is 9.92. The van der Waals surface area contributed by atoms with Crippen LogP contribution in [0.25, 0.3) is 11.6 Å². The maximum atomic E-state index is 6.80. The summed E-state index contributed by atoms with van der Waals surface area (Å²) in [5.74, 6) is 2.02. The fourth-order valence-electron chi connectivity index (χ4n) is 5.81. The van der Waals surface area contributed by atoms with Gasteiger partial charge in [0.05, 0.1) is 17.4 Å². The van der Waals surface area contributed by atoms with Crippen LogP contribution in [0, 0.1) is 5.92 Å². The van der Waals surface area contributed by atoms with Crippen molar-refractivity contribution < 1.29 is 0 Å². The number of rotatable bonds is 6. The highest BCUT2D eigenvalue weighted by Crippen LogP contribution is 2.40. The van der Waals surface area contributed by atoms with E-state index >= 15 is 0 Å². The average molecular weight is 552 g/mol. The van der Waals surface area contributed by atoms with Gasteiger partial charge in [-0.1, -0.05) is 129 Å². The summed E-state index contributed by atoms with van der Waals surface area (Å²) in [5, 5.41) is 7.33. The minimum Gasteiger partial charge on any atom is -0.397 e. The molecule has 2 atom stereocenters. The van der Waals surface area contributed by atoms with Gasteiger partial charge in [0, 0.05) is 22.3 Å². The Bertz CT molecular complexity index is 1730. The molecule has 0 aromatic heterocycles. The van der Waals surface area contributed by atoms with Crippen LogP contribution in [0.1, 0.15) is 67.1 Å². The average Bonchev–Trinajstić information content (AvgIpc) is 3.01. The van der Waals surface area contributed by atoms with E-state index < -0.39 is 5.66 Å². The van der Waals surface area contributed by atoms with Gasteiger partial charge >= 0.3 is 0 Å². The topological polar surface area (TPSA) is 74.8 Å². The molecule has 0 amide bonds. The molecule has 42 heavy (non-hydrogen) atoms. The van der Waals surface area contributed by atoms with Crippen LogP contribution in [-0.2, 0) is 5.66 Å². The molecule has 0 saturated carbocycles. The highest BCUT2D eigenvalue weighted by molar-refractivity contribution is 6.16. The van der Waals surface area contributed by atoms with Crippen molar-refractivity contribution in [2.75, 3.05) is 11.1 Å². The summed E-state index contributed by atoms with van der Waals surface area (Å²) in [7, 11) is 0. The van der Waals surface area contributed by atoms with Gasteiger partial charge in [0.1, 0.15) is 11.7 Å². The van der Waals surface area contributed by atoms with Crippen molar-refractivity contribution in [3.63, 3.8) is 0 Å². The molecule has 0 aliphatic carbocycles. The highest BCUT2D eigenvalue weighted by Gasteiger charge is 2.32. The maximum absolute atomic E-state index is 6.80. The first-order valence-corrected chi connectivity index (χ1v) is 14.6. The van der Waals surface area contributed by atoms with Crippen molar-refractivity contribution in [1.29, 1.82) is 0 Å². The van der Waals surface area contributed by atoms with Gasteiger partial charge in [-0.25, -0.2) is 9.98 Å². The van der Waals surface area contributed by atoms with Crippen molar-refractivity contribution >= 4 is 34.7 Å². The van der Waals surface area contributed by atoms with E-state index in [-0.39, 0.29) is 6.04 Å². The van der Waals surface area contributed by atoms with Gasteiger partial charge in [-0.2, -0.15) is 0 Å². The molecular formula is C37H37N5. The van der Waals surface area contributed by atoms with E-state index in [9.17, 15) is 0 Å². The molecule has 0 bridgehead atoms. The summed E-state index contributed by atoms with van der Waals surface area (Å²) in [6, 6.07) is 33.1. The van der Waals surface area contributed by atoms with Crippen LogP contribution in [0.4, 0.5) is 11.4 Å². The quantitative estimate of drug-likeness (QED) is 0.212. The van der Waals surface area contributed by atoms with Crippen LogP contribution >= 0.6 is 0 Å². The molecule has 2 aliphatic rings. The van der Waals surface area contributed by atoms with Crippen molar-refractivity contribution in [2.24, 2.45) is 15.9 Å². The van der Waals surface area contributed by atoms with Crippen LogP contribution in [0.15, 0.2) is 119 Å². The predicted octanol–water partition coefficient (Wildman–Crippen LogP) is 8.18. The molecular weight excluding hydrogens is 514 g/mol. The Kier molecular flexibility index (Phi) is 7.26. The summed E-state index contributed by atoms with van der Waals surface area (Å²) >= 11 is 0. The molecule has 4 N–H and O–H groups in total. The van der Waals surface area contributed by atoms with Crippen LogP contribution in [0.3, 0.4) is 0 Å². The lowest BCUT2D eigenvalue weighted by Gasteiger charge is -2.32. The largest absolute Gasteiger partial charge is 0.397 e. The van der Waals surface area contributed by atoms with Gasteiger partial charge in [0.2, 0.25) is 0 Å². The second-order valence-corrected chi connectivity index (χ2v) is 11.5. The second kappa shape index (κ2) is 11.2. The Morgan fingerprint density at radius 1 is 0.857 bits per heavy atom. The zero-order valence-corrected chi connectivity index (χ0v) is 24.6. The molecule has 4 aromatic rings. The van der Waals surface area contributed by atoms with Crippen molar-refractivity contribution in [3.05, 3.63) is 143 Å². The third kappa shape index (κ3) is 5.26. The fourth-order valence-corrected chi connectivity index (χ4v) is 5.81. The molecule has 2 aliphatic heterocycles. The predicted molar refractivity (Wildman–Crippen MR) is 178 cm³/mol. The molecule has 0 radical (unpaired) electrons. The number of nitrogen functional groups attached to an aromatic ring is 1. The van der Waals surface area contributed by atoms with Crippen LogP contribution in [-0.4, -0.2) is 11.7 Å². The standard InChI is InChI=1S/C37H37N5/c1-24(2)23-25(3)29-21-19-26-20-22-32(39-34(26)33(29)38)30-17-11-12-18-31(30)36-40-35(27-13-7-5-8-14-27)41-37(4,42-36)28-15-9-6-10-16-28/h5-24,32,39H,38H2,1-4H3,(H,40,41,42)/b25-23-. The summed E-state index contributed by atoms with van der Waals surface area (Å²) in [6.45, 7) is 8.57. The number of fused-ring (bicyclic) bond motifs is 1. The number of nitrogens with zero attached hydrogens (tertiary/aromatic N) is 2. The van der Waals surface area contributed by atoms with Gasteiger partial charge in [0.15, 0.2) is 5.66 Å². The summed E-state index contributed by atoms with van der Waals surface area (Å²) in [5.41, 5.74) is 15.3. The lowest BCUT2D eigenvalue weighted by Crippen LogP contribution is -2.41. The number of allylic oxidation sites excluding steroid dienone is 2. The van der Waals surface area contributed by atoms with E-state index in [0.717, 1.165) is 56.4 Å². The minimum absolute atomic E-state index is 0.0906. The third-order valence-electron chi connectivity index (χ3n) is 7.87. The Hall–Kier alpha value is -4.90. The van der Waals surface area contributed by atoms with Gasteiger partial charge in [-0.15, -0.1) is 0 Å². The van der Waals surface area contributed by atoms with E-state index in [0.29, 0.717) is 5.92 Å². The molecule has 0 saturated heterocycles. The Morgan fingerprint density at radius 3 is 2.26 bits per heavy atom. The van der Waals surface area contributed by atoms with E-state index in [1.807, 2.05) is 36.4 Å². The molecule has 5 heteroatoms. The fraction of sp³-hybridized carbons (Fsp3) is 0.189. The first-order valence-electron chi connectivity index (χ1n) is 14.6. The van der Waals surface area contributed by atoms with Gasteiger partial charge in [-0.05, 0) is 36.5 Å². The minimum atomic E-state index is -0.790. The van der Waals surface area contributed by atoms with Crippen LogP contribution < -0.4 is 16.4 Å². The zero-order valence-electron chi connectivity index (χ0n) is 24.6. The Balaban J connectivity index is 1.42. The van der Waals surface area contributed by atoms with E-state index in [1.165, 1.54) is 5.57 Å². The number of nitrogens with two attached hydrogens (primary N) is 1. The van der Waals surface area contributed by atoms with Gasteiger partial charge in [-0.3, -0.25) is 0 Å². The number of amidine groups is 2. The zero-order chi connectivity index (χ0) is 29.3. The number of benzene rings is 4. The molecule has 210 valence electrons. The van der Waals surface area contributed by atoms with Crippen molar-refractivity contribution in [2.45, 2.75) is 39.4 Å². The molecule has 6 rings (SSSR count). The van der Waals surface area contributed by atoms with Crippen LogP contribution in [0.2, 0.25) is 0 Å². The van der Waals surface area contributed by atoms with E-state index in [2.05, 4.69) is 117 Å². The molecule has 4 aromatic carbocycles. The SMILES string of the molecule is C/C(=C/C(C)C)c1ccc2c(c1N)NC(c1ccccc1C1=NC(C)(c3ccccc3)N=C(c3ccccc3)N1)C=C2. The Labute approximate surface area is 248 Å². The molecule has 0 fully saturated rings. The molecule has 5 nitrogen and oxygen atoms in total. The normalized spacial score (nSPS) is 19.8. The lowest BCUT2D eigenvalue weighted by molar-refractivity contribution is 0.518. The molecule has 2 unspecified atom stereocenters. The number of anilines is 2. The third-order valence-corrected chi connectivity index (χ3v) is 7.87. The summed E-state index contributed by atoms with van der Waals surface area (Å²) in [6.07, 6.45) is 6.62. The monoisotopic (exact) mass is 551 g/mol. The molecule has 2 heterocycles. The first kappa shape index (κ1) is 27.3. The second-order valence-electron chi connectivity index (χ2n) is 11.5.